The predicted octanol–water partition coefficient (Wildman–Crippen LogP) is 2.58. The minimum absolute atomic E-state index is 0. The van der Waals surface area contributed by atoms with E-state index < -0.39 is 6.10 Å². The van der Waals surface area contributed by atoms with Gasteiger partial charge in [0.15, 0.2) is 11.1 Å². The van der Waals surface area contributed by atoms with E-state index >= 15 is 0 Å². The van der Waals surface area contributed by atoms with Crippen LogP contribution in [0, 0.1) is 0 Å². The fourth-order valence-corrected chi connectivity index (χ4v) is 3.39. The van der Waals surface area contributed by atoms with E-state index in [1.54, 1.807) is 35.6 Å². The van der Waals surface area contributed by atoms with Crippen LogP contribution in [0.3, 0.4) is 0 Å². The lowest BCUT2D eigenvalue weighted by Crippen LogP contribution is -2.51. The van der Waals surface area contributed by atoms with Crippen LogP contribution in [-0.2, 0) is 0 Å². The van der Waals surface area contributed by atoms with E-state index in [0.29, 0.717) is 11.0 Å². The highest BCUT2D eigenvalue weighted by Gasteiger charge is 2.20. The number of aromatic nitrogens is 1. The van der Waals surface area contributed by atoms with E-state index in [1.807, 2.05) is 16.5 Å². The summed E-state index contributed by atoms with van der Waals surface area (Å²) in [4.78, 5) is 13.0. The lowest BCUT2D eigenvalue weighted by molar-refractivity contribution is 0.186. The fraction of sp³-hybridized carbons (Fsp3) is 0.375. The molecule has 1 aliphatic rings. The molecule has 9 heteroatoms. The zero-order chi connectivity index (χ0) is 16.9. The van der Waals surface area contributed by atoms with E-state index in [-0.39, 0.29) is 30.5 Å². The van der Waals surface area contributed by atoms with Crippen LogP contribution in [0.25, 0.3) is 0 Å². The van der Waals surface area contributed by atoms with Crippen LogP contribution in [0.2, 0.25) is 5.02 Å². The molecule has 0 aliphatic carbocycles. The number of aliphatic hydroxyl groups excluding tert-OH is 1. The summed E-state index contributed by atoms with van der Waals surface area (Å²) in [6, 6.07) is 7.10. The lowest BCUT2D eigenvalue weighted by atomic mass is 10.1. The van der Waals surface area contributed by atoms with Crippen molar-refractivity contribution in [2.45, 2.75) is 6.10 Å². The average Bonchev–Trinajstić information content (AvgIpc) is 3.15. The Bertz CT molecular complexity index is 674. The molecule has 0 spiro atoms. The highest BCUT2D eigenvalue weighted by molar-refractivity contribution is 14.0. The standard InChI is InChI=1S/C16H20ClN5OS.HI/c17-13-3-1-12(2-4-13)14(23)11-20-15(18)21-6-8-22(9-7-21)16-19-5-10-24-16;/h1-5,10,14,23H,6-9,11H2,(H2,18,20);1H. The Morgan fingerprint density at radius 3 is 2.56 bits per heavy atom. The Kier molecular flexibility index (Phi) is 7.73. The molecule has 1 unspecified atom stereocenters. The van der Waals surface area contributed by atoms with Crippen molar-refractivity contribution in [3.05, 3.63) is 46.4 Å². The van der Waals surface area contributed by atoms with Crippen LogP contribution in [0.5, 0.6) is 0 Å². The number of thiazole rings is 1. The van der Waals surface area contributed by atoms with Gasteiger partial charge in [-0.25, -0.2) is 4.98 Å². The fourth-order valence-electron chi connectivity index (χ4n) is 2.57. The van der Waals surface area contributed by atoms with E-state index in [2.05, 4.69) is 14.9 Å². The van der Waals surface area contributed by atoms with Crippen molar-refractivity contribution in [1.82, 2.24) is 9.88 Å². The van der Waals surface area contributed by atoms with Gasteiger partial charge in [-0.2, -0.15) is 0 Å². The number of halogens is 2. The first-order valence-electron chi connectivity index (χ1n) is 7.76. The van der Waals surface area contributed by atoms with Crippen LogP contribution in [0.1, 0.15) is 11.7 Å². The summed E-state index contributed by atoms with van der Waals surface area (Å²) < 4.78 is 0. The summed E-state index contributed by atoms with van der Waals surface area (Å²) in [6.45, 7) is 3.56. The molecule has 2 heterocycles. The molecule has 1 fully saturated rings. The van der Waals surface area contributed by atoms with Gasteiger partial charge in [-0.1, -0.05) is 23.7 Å². The Morgan fingerprint density at radius 1 is 1.28 bits per heavy atom. The number of rotatable bonds is 4. The number of aliphatic hydroxyl groups is 1. The minimum Gasteiger partial charge on any atom is -0.386 e. The molecule has 1 aromatic heterocycles. The lowest BCUT2D eigenvalue weighted by Gasteiger charge is -2.35. The van der Waals surface area contributed by atoms with Crippen molar-refractivity contribution in [1.29, 1.82) is 0 Å². The molecule has 1 atom stereocenters. The summed E-state index contributed by atoms with van der Waals surface area (Å²) in [7, 11) is 0. The summed E-state index contributed by atoms with van der Waals surface area (Å²) in [6.07, 6.45) is 1.14. The predicted molar refractivity (Wildman–Crippen MR) is 114 cm³/mol. The van der Waals surface area contributed by atoms with Crippen molar-refractivity contribution < 1.29 is 5.11 Å². The second-order valence-corrected chi connectivity index (χ2v) is 6.86. The molecular weight excluding hydrogens is 473 g/mol. The number of benzene rings is 1. The van der Waals surface area contributed by atoms with Gasteiger partial charge >= 0.3 is 0 Å². The Labute approximate surface area is 173 Å². The van der Waals surface area contributed by atoms with E-state index in [9.17, 15) is 5.11 Å². The molecule has 0 radical (unpaired) electrons. The molecule has 3 N–H and O–H groups in total. The van der Waals surface area contributed by atoms with Crippen molar-refractivity contribution in [3.8, 4) is 0 Å². The Hall–Kier alpha value is -1.10. The van der Waals surface area contributed by atoms with Crippen LogP contribution < -0.4 is 10.6 Å². The summed E-state index contributed by atoms with van der Waals surface area (Å²) in [5, 5.41) is 13.9. The first kappa shape index (κ1) is 20.2. The molecule has 2 aromatic rings. The first-order chi connectivity index (χ1) is 11.6. The van der Waals surface area contributed by atoms with Crippen LogP contribution >= 0.6 is 46.9 Å². The summed E-state index contributed by atoms with van der Waals surface area (Å²) in [5.74, 6) is 0.474. The number of guanidine groups is 1. The van der Waals surface area contributed by atoms with E-state index in [4.69, 9.17) is 17.3 Å². The topological polar surface area (TPSA) is 78.0 Å². The maximum atomic E-state index is 10.2. The molecule has 3 rings (SSSR count). The van der Waals surface area contributed by atoms with Gasteiger partial charge in [0.2, 0.25) is 0 Å². The van der Waals surface area contributed by atoms with Gasteiger partial charge in [0.25, 0.3) is 0 Å². The molecule has 0 bridgehead atoms. The van der Waals surface area contributed by atoms with Gasteiger partial charge in [0.05, 0.1) is 12.6 Å². The maximum absolute atomic E-state index is 10.2. The number of aliphatic imine (C=N–C) groups is 1. The maximum Gasteiger partial charge on any atom is 0.191 e. The largest absolute Gasteiger partial charge is 0.386 e. The highest BCUT2D eigenvalue weighted by atomic mass is 127. The van der Waals surface area contributed by atoms with Crippen LogP contribution in [0.4, 0.5) is 5.13 Å². The van der Waals surface area contributed by atoms with Gasteiger partial charge in [0.1, 0.15) is 0 Å². The molecular formula is C16H21ClIN5OS. The average molecular weight is 494 g/mol. The zero-order valence-corrected chi connectivity index (χ0v) is 17.5. The molecule has 25 heavy (non-hydrogen) atoms. The molecule has 0 amide bonds. The Morgan fingerprint density at radius 2 is 1.96 bits per heavy atom. The number of hydrogen-bond acceptors (Lipinski definition) is 5. The number of anilines is 1. The van der Waals surface area contributed by atoms with Crippen molar-refractivity contribution >= 4 is 58.0 Å². The zero-order valence-electron chi connectivity index (χ0n) is 13.6. The normalized spacial score (nSPS) is 16.5. The summed E-state index contributed by atoms with van der Waals surface area (Å²) in [5.41, 5.74) is 6.86. The van der Waals surface area contributed by atoms with Crippen molar-refractivity contribution in [3.63, 3.8) is 0 Å². The third kappa shape index (κ3) is 5.44. The number of nitrogens with zero attached hydrogens (tertiary/aromatic N) is 4. The van der Waals surface area contributed by atoms with Gasteiger partial charge in [-0.3, -0.25) is 4.99 Å². The molecule has 1 saturated heterocycles. The van der Waals surface area contributed by atoms with E-state index in [0.717, 1.165) is 36.9 Å². The third-order valence-corrected chi connectivity index (χ3v) is 5.06. The second kappa shape index (κ2) is 9.56. The highest BCUT2D eigenvalue weighted by Crippen LogP contribution is 2.19. The van der Waals surface area contributed by atoms with Gasteiger partial charge in [-0.05, 0) is 17.7 Å². The molecule has 1 aliphatic heterocycles. The van der Waals surface area contributed by atoms with Gasteiger partial charge < -0.3 is 20.6 Å². The van der Waals surface area contributed by atoms with Gasteiger partial charge in [0, 0.05) is 42.8 Å². The second-order valence-electron chi connectivity index (χ2n) is 5.56. The molecule has 136 valence electrons. The number of hydrogen-bond donors (Lipinski definition) is 2. The van der Waals surface area contributed by atoms with Crippen molar-refractivity contribution in [2.75, 3.05) is 37.6 Å². The quantitative estimate of drug-likeness (QED) is 0.389. The van der Waals surface area contributed by atoms with Crippen LogP contribution in [-0.4, -0.2) is 53.7 Å². The SMILES string of the molecule is I.NC(=NCC(O)c1ccc(Cl)cc1)N1CCN(c2nccs2)CC1. The number of piperazine rings is 1. The Balaban J connectivity index is 0.00000225. The monoisotopic (exact) mass is 493 g/mol. The summed E-state index contributed by atoms with van der Waals surface area (Å²) >= 11 is 7.49. The molecule has 1 aromatic carbocycles. The molecule has 0 saturated carbocycles. The van der Waals surface area contributed by atoms with Gasteiger partial charge in [-0.15, -0.1) is 35.3 Å². The van der Waals surface area contributed by atoms with Crippen LogP contribution in [0.15, 0.2) is 40.8 Å². The number of nitrogens with two attached hydrogens (primary N) is 1. The molecule has 6 nitrogen and oxygen atoms in total. The first-order valence-corrected chi connectivity index (χ1v) is 9.02. The third-order valence-electron chi connectivity index (χ3n) is 3.97. The van der Waals surface area contributed by atoms with E-state index in [1.165, 1.54) is 0 Å². The minimum atomic E-state index is -0.683. The smallest absolute Gasteiger partial charge is 0.191 e. The van der Waals surface area contributed by atoms with Crippen molar-refractivity contribution in [2.24, 2.45) is 10.7 Å².